The smallest absolute Gasteiger partial charge is 0.169 e. The molecule has 2 fully saturated rings. The number of hydrogen-bond donors (Lipinski definition) is 4. The standard InChI is InChI=1S/C15H21N5O4S/c1-13(2)14(22)8(5-25-4-3-21)24-12(15(13,14)23)20-7-19-9-10(16)17-6-18-11(9)20/h6-8,12,21-23H,3-5H2,1-2H3,(H2,16,17,18)/t8-,12-,14+,15-/m1/s1. The number of fused-ring (bicyclic) bond motifs is 2. The van der Waals surface area contributed by atoms with Gasteiger partial charge in [0.1, 0.15) is 29.2 Å². The Hall–Kier alpha value is -1.46. The minimum absolute atomic E-state index is 0.0509. The van der Waals surface area contributed by atoms with Crippen LogP contribution in [-0.4, -0.2) is 70.3 Å². The topological polar surface area (TPSA) is 140 Å². The predicted octanol–water partition coefficient (Wildman–Crippen LogP) is -0.467. The van der Waals surface area contributed by atoms with E-state index in [1.165, 1.54) is 24.4 Å². The average molecular weight is 367 g/mol. The second kappa shape index (κ2) is 5.27. The largest absolute Gasteiger partial charge is 0.396 e. The fourth-order valence-electron chi connectivity index (χ4n) is 4.12. The summed E-state index contributed by atoms with van der Waals surface area (Å²) in [4.78, 5) is 12.3. The van der Waals surface area contributed by atoms with Crippen LogP contribution < -0.4 is 5.73 Å². The number of hydrogen-bond acceptors (Lipinski definition) is 9. The van der Waals surface area contributed by atoms with Crippen molar-refractivity contribution >= 4 is 28.7 Å². The van der Waals surface area contributed by atoms with E-state index in [0.29, 0.717) is 22.7 Å². The number of thioether (sulfide) groups is 1. The maximum absolute atomic E-state index is 11.3. The maximum atomic E-state index is 11.3. The highest BCUT2D eigenvalue weighted by Crippen LogP contribution is 2.75. The minimum atomic E-state index is -1.47. The van der Waals surface area contributed by atoms with Crippen LogP contribution in [0.5, 0.6) is 0 Å². The van der Waals surface area contributed by atoms with Gasteiger partial charge < -0.3 is 25.8 Å². The Morgan fingerprint density at radius 1 is 1.28 bits per heavy atom. The second-order valence-electron chi connectivity index (χ2n) is 7.02. The summed E-state index contributed by atoms with van der Waals surface area (Å²) in [6.07, 6.45) is 1.40. The van der Waals surface area contributed by atoms with Crippen molar-refractivity contribution in [2.75, 3.05) is 23.8 Å². The van der Waals surface area contributed by atoms with Gasteiger partial charge in [-0.1, -0.05) is 13.8 Å². The van der Waals surface area contributed by atoms with Gasteiger partial charge in [0.2, 0.25) is 0 Å². The quantitative estimate of drug-likeness (QED) is 0.516. The third kappa shape index (κ3) is 1.86. The number of imidazole rings is 1. The molecule has 1 aliphatic carbocycles. The first kappa shape index (κ1) is 17.0. The van der Waals surface area contributed by atoms with Gasteiger partial charge in [-0.3, -0.25) is 4.57 Å². The normalized spacial score (nSPS) is 35.9. The van der Waals surface area contributed by atoms with Gasteiger partial charge in [0.25, 0.3) is 0 Å². The zero-order valence-electron chi connectivity index (χ0n) is 14.0. The molecule has 10 heteroatoms. The number of nitrogen functional groups attached to an aromatic ring is 1. The number of anilines is 1. The van der Waals surface area contributed by atoms with E-state index >= 15 is 0 Å². The summed E-state index contributed by atoms with van der Waals surface area (Å²) < 4.78 is 7.62. The summed E-state index contributed by atoms with van der Waals surface area (Å²) >= 11 is 1.47. The number of aromatic nitrogens is 4. The van der Waals surface area contributed by atoms with E-state index in [4.69, 9.17) is 15.6 Å². The Balaban J connectivity index is 1.74. The predicted molar refractivity (Wildman–Crippen MR) is 91.7 cm³/mol. The van der Waals surface area contributed by atoms with Crippen molar-refractivity contribution in [3.63, 3.8) is 0 Å². The van der Waals surface area contributed by atoms with Crippen molar-refractivity contribution in [3.8, 4) is 0 Å². The molecule has 1 saturated carbocycles. The Labute approximate surface area is 148 Å². The summed E-state index contributed by atoms with van der Waals surface area (Å²) in [7, 11) is 0. The van der Waals surface area contributed by atoms with Gasteiger partial charge in [-0.2, -0.15) is 11.8 Å². The molecule has 1 saturated heterocycles. The highest BCUT2D eigenvalue weighted by atomic mass is 32.2. The lowest BCUT2D eigenvalue weighted by Gasteiger charge is -2.27. The Morgan fingerprint density at radius 2 is 2.04 bits per heavy atom. The van der Waals surface area contributed by atoms with Gasteiger partial charge in [0.15, 0.2) is 17.7 Å². The van der Waals surface area contributed by atoms with E-state index in [1.807, 2.05) is 13.8 Å². The molecule has 2 aliphatic rings. The van der Waals surface area contributed by atoms with Gasteiger partial charge in [0.05, 0.1) is 12.9 Å². The molecule has 0 bridgehead atoms. The van der Waals surface area contributed by atoms with Crippen LogP contribution in [0.25, 0.3) is 11.2 Å². The van der Waals surface area contributed by atoms with Gasteiger partial charge in [0, 0.05) is 16.9 Å². The molecule has 4 rings (SSSR count). The first-order valence-electron chi connectivity index (χ1n) is 8.02. The number of rotatable bonds is 5. The first-order chi connectivity index (χ1) is 11.8. The van der Waals surface area contributed by atoms with E-state index in [1.54, 1.807) is 4.57 Å². The summed E-state index contributed by atoms with van der Waals surface area (Å²) in [6, 6.07) is 0. The maximum Gasteiger partial charge on any atom is 0.169 e. The van der Waals surface area contributed by atoms with Crippen molar-refractivity contribution in [2.45, 2.75) is 37.4 Å². The van der Waals surface area contributed by atoms with Crippen molar-refractivity contribution in [2.24, 2.45) is 5.41 Å². The minimum Gasteiger partial charge on any atom is -0.396 e. The van der Waals surface area contributed by atoms with Crippen molar-refractivity contribution in [1.82, 2.24) is 19.5 Å². The van der Waals surface area contributed by atoms with Crippen LogP contribution in [0.1, 0.15) is 20.1 Å². The second-order valence-corrected chi connectivity index (χ2v) is 8.17. The average Bonchev–Trinajstić information content (AvgIpc) is 2.95. The third-order valence-electron chi connectivity index (χ3n) is 5.69. The lowest BCUT2D eigenvalue weighted by molar-refractivity contribution is -0.103. The van der Waals surface area contributed by atoms with Crippen molar-refractivity contribution < 1.29 is 20.1 Å². The fourth-order valence-corrected chi connectivity index (χ4v) is 4.95. The molecule has 4 atom stereocenters. The Bertz CT molecular complexity index is 829. The molecule has 0 unspecified atom stereocenters. The number of aliphatic hydroxyl groups excluding tert-OH is 1. The molecule has 0 aromatic carbocycles. The fraction of sp³-hybridized carbons (Fsp3) is 0.667. The van der Waals surface area contributed by atoms with Crippen LogP contribution in [0, 0.1) is 5.41 Å². The van der Waals surface area contributed by atoms with Gasteiger partial charge in [-0.15, -0.1) is 0 Å². The van der Waals surface area contributed by atoms with Gasteiger partial charge in [-0.25, -0.2) is 15.0 Å². The summed E-state index contributed by atoms with van der Waals surface area (Å²) in [5.41, 5.74) is 3.07. The number of aliphatic hydroxyl groups is 3. The van der Waals surface area contributed by atoms with Crippen LogP contribution in [0.4, 0.5) is 5.82 Å². The third-order valence-corrected chi connectivity index (χ3v) is 6.70. The van der Waals surface area contributed by atoms with E-state index in [9.17, 15) is 10.2 Å². The molecule has 2 aromatic rings. The van der Waals surface area contributed by atoms with Gasteiger partial charge >= 0.3 is 0 Å². The number of nitrogens with two attached hydrogens (primary N) is 1. The first-order valence-corrected chi connectivity index (χ1v) is 9.18. The van der Waals surface area contributed by atoms with Crippen LogP contribution in [0.15, 0.2) is 12.7 Å². The summed E-state index contributed by atoms with van der Waals surface area (Å²) in [5.74, 6) is 1.24. The molecular weight excluding hydrogens is 346 g/mol. The SMILES string of the molecule is CC1(C)[C@]2(O)[C@H](n3cnc4c(N)ncnc43)O[C@H](CSCCO)[C@]12O. The number of ether oxygens (including phenoxy) is 1. The molecule has 2 aromatic heterocycles. The van der Waals surface area contributed by atoms with E-state index in [2.05, 4.69) is 15.0 Å². The van der Waals surface area contributed by atoms with Crippen LogP contribution >= 0.6 is 11.8 Å². The summed E-state index contributed by atoms with van der Waals surface area (Å²) in [6.45, 7) is 3.68. The molecule has 1 aliphatic heterocycles. The molecule has 0 spiro atoms. The Morgan fingerprint density at radius 3 is 2.76 bits per heavy atom. The van der Waals surface area contributed by atoms with Crippen LogP contribution in [0.2, 0.25) is 0 Å². The highest BCUT2D eigenvalue weighted by molar-refractivity contribution is 7.99. The molecule has 5 N–H and O–H groups in total. The van der Waals surface area contributed by atoms with Crippen molar-refractivity contribution in [3.05, 3.63) is 12.7 Å². The molecule has 0 radical (unpaired) electrons. The van der Waals surface area contributed by atoms with Crippen LogP contribution in [0.3, 0.4) is 0 Å². The van der Waals surface area contributed by atoms with Crippen molar-refractivity contribution in [1.29, 1.82) is 0 Å². The zero-order valence-corrected chi connectivity index (χ0v) is 14.8. The molecule has 25 heavy (non-hydrogen) atoms. The highest BCUT2D eigenvalue weighted by Gasteiger charge is 2.92. The monoisotopic (exact) mass is 367 g/mol. The molecule has 9 nitrogen and oxygen atoms in total. The molecular formula is C15H21N5O4S. The molecule has 3 heterocycles. The van der Waals surface area contributed by atoms with Crippen LogP contribution in [-0.2, 0) is 4.74 Å². The van der Waals surface area contributed by atoms with E-state index < -0.39 is 28.9 Å². The summed E-state index contributed by atoms with van der Waals surface area (Å²) in [5, 5.41) is 31.4. The zero-order chi connectivity index (χ0) is 18.0. The Kier molecular flexibility index (Phi) is 3.58. The van der Waals surface area contributed by atoms with Gasteiger partial charge in [-0.05, 0) is 0 Å². The lowest BCUT2D eigenvalue weighted by atomic mass is 10.0. The van der Waals surface area contributed by atoms with E-state index in [-0.39, 0.29) is 12.4 Å². The molecule has 0 amide bonds. The lowest BCUT2D eigenvalue weighted by Crippen LogP contribution is -2.35. The van der Waals surface area contributed by atoms with E-state index in [0.717, 1.165) is 0 Å². The molecule has 136 valence electrons. The number of nitrogens with zero attached hydrogens (tertiary/aromatic N) is 4.